The average molecular weight is 554 g/mol. The molecule has 1 aromatic carbocycles. The zero-order valence-corrected chi connectivity index (χ0v) is 21.1. The second-order valence-electron chi connectivity index (χ2n) is 8.09. The van der Waals surface area contributed by atoms with Crippen molar-refractivity contribution in [1.82, 2.24) is 25.3 Å². The Labute approximate surface area is 207 Å². The molecule has 8 nitrogen and oxygen atoms in total. The van der Waals surface area contributed by atoms with E-state index in [1.54, 1.807) is 6.20 Å². The fraction of sp³-hybridized carbons (Fsp3) is 0.565. The average Bonchev–Trinajstić information content (AvgIpc) is 3.54. The van der Waals surface area contributed by atoms with Crippen LogP contribution >= 0.6 is 24.0 Å². The molecule has 1 aromatic heterocycles. The topological polar surface area (TPSA) is 75.9 Å². The molecule has 9 heteroatoms. The van der Waals surface area contributed by atoms with Crippen molar-refractivity contribution >= 4 is 29.9 Å². The molecule has 32 heavy (non-hydrogen) atoms. The number of morpholine rings is 1. The van der Waals surface area contributed by atoms with Gasteiger partial charge in [-0.3, -0.25) is 9.89 Å². The van der Waals surface area contributed by atoms with Crippen LogP contribution in [-0.4, -0.2) is 86.3 Å². The van der Waals surface area contributed by atoms with Gasteiger partial charge in [-0.1, -0.05) is 12.1 Å². The van der Waals surface area contributed by atoms with E-state index in [0.29, 0.717) is 12.0 Å². The van der Waals surface area contributed by atoms with Crippen molar-refractivity contribution in [3.63, 3.8) is 0 Å². The molecule has 2 saturated heterocycles. The monoisotopic (exact) mass is 554 g/mol. The van der Waals surface area contributed by atoms with Crippen molar-refractivity contribution < 1.29 is 9.47 Å². The lowest BCUT2D eigenvalue weighted by Crippen LogP contribution is -2.53. The Bertz CT molecular complexity index is 802. The van der Waals surface area contributed by atoms with Crippen molar-refractivity contribution in [3.8, 4) is 5.69 Å². The molecule has 0 spiro atoms. The van der Waals surface area contributed by atoms with Crippen LogP contribution in [0.15, 0.2) is 47.7 Å². The largest absolute Gasteiger partial charge is 0.381 e. The van der Waals surface area contributed by atoms with E-state index in [4.69, 9.17) is 9.47 Å². The summed E-state index contributed by atoms with van der Waals surface area (Å²) in [5.41, 5.74) is 2.36. The van der Waals surface area contributed by atoms with Gasteiger partial charge in [0.15, 0.2) is 5.96 Å². The van der Waals surface area contributed by atoms with Crippen LogP contribution in [0.4, 0.5) is 0 Å². The molecule has 2 atom stereocenters. The molecule has 0 amide bonds. The van der Waals surface area contributed by atoms with Crippen LogP contribution in [0.3, 0.4) is 0 Å². The second-order valence-corrected chi connectivity index (χ2v) is 8.09. The molecule has 2 unspecified atom stereocenters. The van der Waals surface area contributed by atoms with Gasteiger partial charge in [0.05, 0.1) is 25.5 Å². The van der Waals surface area contributed by atoms with E-state index in [9.17, 15) is 0 Å². The maximum absolute atomic E-state index is 5.67. The van der Waals surface area contributed by atoms with Gasteiger partial charge in [-0.15, -0.1) is 24.0 Å². The van der Waals surface area contributed by atoms with Gasteiger partial charge in [-0.05, 0) is 36.6 Å². The van der Waals surface area contributed by atoms with Crippen molar-refractivity contribution in [2.24, 2.45) is 10.9 Å². The number of nitrogens with one attached hydrogen (secondary N) is 2. The molecule has 2 N–H and O–H groups in total. The summed E-state index contributed by atoms with van der Waals surface area (Å²) in [4.78, 5) is 6.97. The minimum Gasteiger partial charge on any atom is -0.381 e. The lowest BCUT2D eigenvalue weighted by Gasteiger charge is -2.37. The number of hydrogen-bond donors (Lipinski definition) is 2. The summed E-state index contributed by atoms with van der Waals surface area (Å²) < 4.78 is 13.1. The predicted octanol–water partition coefficient (Wildman–Crippen LogP) is 1.94. The lowest BCUT2D eigenvalue weighted by molar-refractivity contribution is 0.00247. The molecule has 0 aliphatic carbocycles. The first-order valence-electron chi connectivity index (χ1n) is 11.3. The van der Waals surface area contributed by atoms with Crippen molar-refractivity contribution in [2.45, 2.75) is 18.9 Å². The van der Waals surface area contributed by atoms with E-state index < -0.39 is 0 Å². The molecule has 0 bridgehead atoms. The summed E-state index contributed by atoms with van der Waals surface area (Å²) in [6, 6.07) is 10.9. The maximum Gasteiger partial charge on any atom is 0.191 e. The number of benzene rings is 1. The number of halogens is 1. The quantitative estimate of drug-likeness (QED) is 0.295. The van der Waals surface area contributed by atoms with Crippen molar-refractivity contribution in [2.75, 3.05) is 59.7 Å². The Morgan fingerprint density at radius 3 is 2.62 bits per heavy atom. The molecular weight excluding hydrogens is 519 g/mol. The smallest absolute Gasteiger partial charge is 0.191 e. The summed E-state index contributed by atoms with van der Waals surface area (Å²) in [6.07, 6.45) is 5.81. The van der Waals surface area contributed by atoms with Crippen molar-refractivity contribution in [1.29, 1.82) is 0 Å². The molecule has 4 rings (SSSR count). The van der Waals surface area contributed by atoms with E-state index in [2.05, 4.69) is 49.9 Å². The Balaban J connectivity index is 0.00000289. The van der Waals surface area contributed by atoms with Gasteiger partial charge in [-0.2, -0.15) is 5.10 Å². The van der Waals surface area contributed by atoms with Gasteiger partial charge in [-0.25, -0.2) is 4.68 Å². The first-order chi connectivity index (χ1) is 15.3. The number of aromatic nitrogens is 2. The molecule has 176 valence electrons. The molecule has 2 aromatic rings. The van der Waals surface area contributed by atoms with Gasteiger partial charge in [0.1, 0.15) is 0 Å². The number of nitrogens with zero attached hydrogens (tertiary/aromatic N) is 4. The molecule has 2 aliphatic rings. The van der Waals surface area contributed by atoms with Crippen LogP contribution in [0.25, 0.3) is 5.69 Å². The summed E-state index contributed by atoms with van der Waals surface area (Å²) >= 11 is 0. The fourth-order valence-corrected chi connectivity index (χ4v) is 4.34. The maximum atomic E-state index is 5.67. The highest BCUT2D eigenvalue weighted by atomic mass is 127. The molecular formula is C23H35IN6O2. The van der Waals surface area contributed by atoms with Gasteiger partial charge < -0.3 is 20.1 Å². The Hall–Kier alpha value is -1.69. The Kier molecular flexibility index (Phi) is 10.2. The highest BCUT2D eigenvalue weighted by molar-refractivity contribution is 14.0. The summed E-state index contributed by atoms with van der Waals surface area (Å²) in [6.45, 7) is 7.03. The summed E-state index contributed by atoms with van der Waals surface area (Å²) in [7, 11) is 1.83. The minimum absolute atomic E-state index is 0. The first-order valence-corrected chi connectivity index (χ1v) is 11.3. The highest BCUT2D eigenvalue weighted by Gasteiger charge is 2.31. The number of hydrogen-bond acceptors (Lipinski definition) is 5. The van der Waals surface area contributed by atoms with E-state index in [1.165, 1.54) is 5.56 Å². The van der Waals surface area contributed by atoms with Gasteiger partial charge in [0.2, 0.25) is 0 Å². The molecule has 0 saturated carbocycles. The van der Waals surface area contributed by atoms with Crippen molar-refractivity contribution in [3.05, 3.63) is 48.3 Å². The molecule has 0 radical (unpaired) electrons. The van der Waals surface area contributed by atoms with Gasteiger partial charge >= 0.3 is 0 Å². The van der Waals surface area contributed by atoms with E-state index >= 15 is 0 Å². The normalized spacial score (nSPS) is 20.5. The van der Waals surface area contributed by atoms with Crippen LogP contribution in [-0.2, 0) is 15.9 Å². The third-order valence-electron chi connectivity index (χ3n) is 6.14. The van der Waals surface area contributed by atoms with E-state index in [0.717, 1.165) is 77.1 Å². The highest BCUT2D eigenvalue weighted by Crippen LogP contribution is 2.21. The second kappa shape index (κ2) is 13.1. The van der Waals surface area contributed by atoms with Crippen LogP contribution in [0, 0.1) is 5.92 Å². The van der Waals surface area contributed by atoms with E-state index in [1.807, 2.05) is 24.0 Å². The van der Waals surface area contributed by atoms with Crippen LogP contribution in [0.1, 0.15) is 12.0 Å². The fourth-order valence-electron chi connectivity index (χ4n) is 4.34. The van der Waals surface area contributed by atoms with Crippen LogP contribution < -0.4 is 10.6 Å². The van der Waals surface area contributed by atoms with Crippen LogP contribution in [0.2, 0.25) is 0 Å². The minimum atomic E-state index is 0. The Morgan fingerprint density at radius 2 is 1.97 bits per heavy atom. The zero-order chi connectivity index (χ0) is 21.3. The SMILES string of the molecule is CN=C(NCCc1ccc(-n2cccn2)cc1)NCC(C1CCOC1)N1CCOCC1.I. The zero-order valence-electron chi connectivity index (χ0n) is 18.8. The lowest BCUT2D eigenvalue weighted by atomic mass is 9.97. The molecule has 2 aliphatic heterocycles. The number of guanidine groups is 1. The van der Waals surface area contributed by atoms with Gasteiger partial charge in [0, 0.05) is 64.2 Å². The predicted molar refractivity (Wildman–Crippen MR) is 137 cm³/mol. The third-order valence-corrected chi connectivity index (χ3v) is 6.14. The summed E-state index contributed by atoms with van der Waals surface area (Å²) in [5, 5.41) is 11.3. The standard InChI is InChI=1S/C23H34N6O2.HI/c1-24-23(25-10-7-19-3-5-21(6-4-19)29-11-2-9-27-29)26-17-22(20-8-14-31-18-20)28-12-15-30-16-13-28;/h2-6,9,11,20,22H,7-8,10,12-18H2,1H3,(H2,24,25,26);1H. The number of rotatable bonds is 8. The molecule has 3 heterocycles. The molecule has 2 fully saturated rings. The number of ether oxygens (including phenoxy) is 2. The first kappa shape index (κ1) is 24.9. The third kappa shape index (κ3) is 6.90. The number of aliphatic imine (C=N–C) groups is 1. The van der Waals surface area contributed by atoms with Crippen LogP contribution in [0.5, 0.6) is 0 Å². The van der Waals surface area contributed by atoms with Gasteiger partial charge in [0.25, 0.3) is 0 Å². The van der Waals surface area contributed by atoms with E-state index in [-0.39, 0.29) is 24.0 Å². The Morgan fingerprint density at radius 1 is 1.16 bits per heavy atom. The summed E-state index contributed by atoms with van der Waals surface area (Å²) in [5.74, 6) is 1.42.